The average Bonchev–Trinajstić information content (AvgIpc) is 2.99. The SMILES string of the molecule is NC1CCCC2CN(CCOc3ccc4ccccc4c3)CC12. The van der Waals surface area contributed by atoms with E-state index in [9.17, 15) is 0 Å². The van der Waals surface area contributed by atoms with Gasteiger partial charge in [-0.15, -0.1) is 0 Å². The van der Waals surface area contributed by atoms with Crippen LogP contribution in [-0.4, -0.2) is 37.2 Å². The van der Waals surface area contributed by atoms with Gasteiger partial charge in [-0.05, 0) is 47.6 Å². The van der Waals surface area contributed by atoms with Crippen LogP contribution in [0, 0.1) is 11.8 Å². The third kappa shape index (κ3) is 3.22. The van der Waals surface area contributed by atoms with Crippen molar-refractivity contribution >= 4 is 10.8 Å². The van der Waals surface area contributed by atoms with Gasteiger partial charge >= 0.3 is 0 Å². The lowest BCUT2D eigenvalue weighted by Crippen LogP contribution is -2.38. The van der Waals surface area contributed by atoms with Crippen LogP contribution in [0.25, 0.3) is 10.8 Å². The number of hydrogen-bond donors (Lipinski definition) is 1. The largest absolute Gasteiger partial charge is 0.492 e. The maximum absolute atomic E-state index is 6.30. The predicted molar refractivity (Wildman–Crippen MR) is 94.7 cm³/mol. The van der Waals surface area contributed by atoms with Gasteiger partial charge in [0.25, 0.3) is 0 Å². The van der Waals surface area contributed by atoms with E-state index in [1.807, 2.05) is 0 Å². The fraction of sp³-hybridized carbons (Fsp3) is 0.500. The van der Waals surface area contributed by atoms with Gasteiger partial charge in [0.2, 0.25) is 0 Å². The molecule has 1 saturated carbocycles. The highest BCUT2D eigenvalue weighted by Crippen LogP contribution is 2.35. The monoisotopic (exact) mass is 310 g/mol. The minimum atomic E-state index is 0.417. The van der Waals surface area contributed by atoms with E-state index in [1.54, 1.807) is 0 Å². The Bertz CT molecular complexity index is 671. The molecular weight excluding hydrogens is 284 g/mol. The lowest BCUT2D eigenvalue weighted by molar-refractivity contribution is 0.230. The Morgan fingerprint density at radius 2 is 1.91 bits per heavy atom. The van der Waals surface area contributed by atoms with Gasteiger partial charge in [-0.1, -0.05) is 36.8 Å². The maximum Gasteiger partial charge on any atom is 0.120 e. The predicted octanol–water partition coefficient (Wildman–Crippen LogP) is 3.28. The van der Waals surface area contributed by atoms with E-state index in [2.05, 4.69) is 47.4 Å². The Kier molecular flexibility index (Phi) is 4.23. The molecule has 1 saturated heterocycles. The van der Waals surface area contributed by atoms with Crippen molar-refractivity contribution in [2.24, 2.45) is 17.6 Å². The smallest absolute Gasteiger partial charge is 0.120 e. The van der Waals surface area contributed by atoms with Crippen molar-refractivity contribution in [3.8, 4) is 5.75 Å². The number of nitrogens with two attached hydrogens (primary N) is 1. The van der Waals surface area contributed by atoms with Crippen LogP contribution in [0.3, 0.4) is 0 Å². The molecule has 0 amide bonds. The zero-order chi connectivity index (χ0) is 15.6. The first-order valence-corrected chi connectivity index (χ1v) is 8.89. The highest BCUT2D eigenvalue weighted by molar-refractivity contribution is 5.83. The van der Waals surface area contributed by atoms with Crippen LogP contribution in [0.4, 0.5) is 0 Å². The van der Waals surface area contributed by atoms with E-state index in [4.69, 9.17) is 10.5 Å². The second kappa shape index (κ2) is 6.50. The minimum Gasteiger partial charge on any atom is -0.492 e. The molecule has 122 valence electrons. The van der Waals surface area contributed by atoms with Crippen molar-refractivity contribution in [2.45, 2.75) is 25.3 Å². The number of nitrogens with zero attached hydrogens (tertiary/aromatic N) is 1. The summed E-state index contributed by atoms with van der Waals surface area (Å²) in [5, 5.41) is 2.50. The quantitative estimate of drug-likeness (QED) is 0.942. The second-order valence-electron chi connectivity index (χ2n) is 7.14. The molecule has 0 aromatic heterocycles. The van der Waals surface area contributed by atoms with E-state index in [0.29, 0.717) is 12.0 Å². The van der Waals surface area contributed by atoms with Gasteiger partial charge in [0, 0.05) is 25.7 Å². The minimum absolute atomic E-state index is 0.417. The molecule has 1 heterocycles. The molecule has 2 aromatic rings. The Hall–Kier alpha value is -1.58. The Balaban J connectivity index is 1.31. The first kappa shape index (κ1) is 15.0. The first-order chi connectivity index (χ1) is 11.3. The van der Waals surface area contributed by atoms with Crippen LogP contribution in [0.2, 0.25) is 0 Å². The lowest BCUT2D eigenvalue weighted by Gasteiger charge is -2.29. The van der Waals surface area contributed by atoms with Crippen molar-refractivity contribution in [3.05, 3.63) is 42.5 Å². The number of hydrogen-bond acceptors (Lipinski definition) is 3. The number of rotatable bonds is 4. The first-order valence-electron chi connectivity index (χ1n) is 8.89. The van der Waals surface area contributed by atoms with E-state index < -0.39 is 0 Å². The summed E-state index contributed by atoms with van der Waals surface area (Å²) in [6, 6.07) is 15.2. The Morgan fingerprint density at radius 1 is 1.04 bits per heavy atom. The van der Waals surface area contributed by atoms with E-state index in [1.165, 1.54) is 36.6 Å². The van der Waals surface area contributed by atoms with Gasteiger partial charge in [0.15, 0.2) is 0 Å². The summed E-state index contributed by atoms with van der Waals surface area (Å²) < 4.78 is 5.98. The van der Waals surface area contributed by atoms with Gasteiger partial charge in [0.1, 0.15) is 12.4 Å². The van der Waals surface area contributed by atoms with E-state index in [0.717, 1.165) is 31.4 Å². The molecule has 3 atom stereocenters. The molecule has 1 aliphatic heterocycles. The summed E-state index contributed by atoms with van der Waals surface area (Å²) in [4.78, 5) is 2.54. The number of ether oxygens (including phenoxy) is 1. The van der Waals surface area contributed by atoms with Crippen LogP contribution < -0.4 is 10.5 Å². The number of likely N-dealkylation sites (tertiary alicyclic amines) is 1. The molecule has 3 unspecified atom stereocenters. The normalized spacial score (nSPS) is 28.0. The molecule has 0 bridgehead atoms. The van der Waals surface area contributed by atoms with Crippen molar-refractivity contribution in [1.82, 2.24) is 4.90 Å². The molecule has 2 aromatic carbocycles. The molecule has 23 heavy (non-hydrogen) atoms. The summed E-state index contributed by atoms with van der Waals surface area (Å²) >= 11 is 0. The van der Waals surface area contributed by atoms with Crippen molar-refractivity contribution in [1.29, 1.82) is 0 Å². The molecule has 0 spiro atoms. The molecule has 2 N–H and O–H groups in total. The Morgan fingerprint density at radius 3 is 2.78 bits per heavy atom. The summed E-state index contributed by atoms with van der Waals surface area (Å²) in [5.41, 5.74) is 6.30. The van der Waals surface area contributed by atoms with Gasteiger partial charge in [-0.3, -0.25) is 4.90 Å². The lowest BCUT2D eigenvalue weighted by atomic mass is 9.78. The molecule has 1 aliphatic carbocycles. The number of fused-ring (bicyclic) bond motifs is 2. The zero-order valence-electron chi connectivity index (χ0n) is 13.7. The van der Waals surface area contributed by atoms with Crippen LogP contribution in [0.5, 0.6) is 5.75 Å². The zero-order valence-corrected chi connectivity index (χ0v) is 13.7. The van der Waals surface area contributed by atoms with Crippen molar-refractivity contribution < 1.29 is 4.74 Å². The molecule has 4 rings (SSSR count). The summed E-state index contributed by atoms with van der Waals surface area (Å²) in [7, 11) is 0. The fourth-order valence-electron chi connectivity index (χ4n) is 4.34. The van der Waals surface area contributed by atoms with E-state index >= 15 is 0 Å². The summed E-state index contributed by atoms with van der Waals surface area (Å²) in [6.45, 7) is 4.13. The maximum atomic E-state index is 6.30. The third-order valence-electron chi connectivity index (χ3n) is 5.63. The van der Waals surface area contributed by atoms with Crippen LogP contribution in [0.1, 0.15) is 19.3 Å². The average molecular weight is 310 g/mol. The fourth-order valence-corrected chi connectivity index (χ4v) is 4.34. The second-order valence-corrected chi connectivity index (χ2v) is 7.14. The van der Waals surface area contributed by atoms with Crippen molar-refractivity contribution in [2.75, 3.05) is 26.2 Å². The van der Waals surface area contributed by atoms with Crippen LogP contribution in [0.15, 0.2) is 42.5 Å². The van der Waals surface area contributed by atoms with Crippen LogP contribution >= 0.6 is 0 Å². The highest BCUT2D eigenvalue weighted by atomic mass is 16.5. The third-order valence-corrected chi connectivity index (χ3v) is 5.63. The van der Waals surface area contributed by atoms with Gasteiger partial charge in [-0.2, -0.15) is 0 Å². The molecule has 3 heteroatoms. The van der Waals surface area contributed by atoms with Gasteiger partial charge < -0.3 is 10.5 Å². The molecule has 0 radical (unpaired) electrons. The van der Waals surface area contributed by atoms with E-state index in [-0.39, 0.29) is 0 Å². The molecule has 2 aliphatic rings. The summed E-state index contributed by atoms with van der Waals surface area (Å²) in [5.74, 6) is 2.50. The molecular formula is C20H26N2O. The topological polar surface area (TPSA) is 38.5 Å². The standard InChI is InChI=1S/C20H26N2O/c21-20-7-3-6-17-13-22(14-19(17)20)10-11-23-18-9-8-15-4-1-2-5-16(15)12-18/h1-2,4-5,8-9,12,17,19-20H,3,6-7,10-11,13-14,21H2. The Labute approximate surface area is 138 Å². The highest BCUT2D eigenvalue weighted by Gasteiger charge is 2.38. The van der Waals surface area contributed by atoms with Crippen molar-refractivity contribution in [3.63, 3.8) is 0 Å². The van der Waals surface area contributed by atoms with Gasteiger partial charge in [-0.25, -0.2) is 0 Å². The summed E-state index contributed by atoms with van der Waals surface area (Å²) in [6.07, 6.45) is 3.88. The molecule has 2 fully saturated rings. The molecule has 3 nitrogen and oxygen atoms in total. The number of benzene rings is 2. The van der Waals surface area contributed by atoms with Crippen LogP contribution in [-0.2, 0) is 0 Å². The van der Waals surface area contributed by atoms with Gasteiger partial charge in [0.05, 0.1) is 0 Å².